The molecule has 0 unspecified atom stereocenters. The van der Waals surface area contributed by atoms with Gasteiger partial charge in [-0.1, -0.05) is 5.16 Å². The van der Waals surface area contributed by atoms with Gasteiger partial charge in [0.15, 0.2) is 5.82 Å². The lowest BCUT2D eigenvalue weighted by atomic mass is 10.4. The lowest BCUT2D eigenvalue weighted by Gasteiger charge is -1.81. The molecule has 0 aromatic carbocycles. The molecule has 48 valence electrons. The van der Waals surface area contributed by atoms with E-state index in [2.05, 4.69) is 14.7 Å². The number of carboxylic acid groups (broad SMARTS) is 1. The van der Waals surface area contributed by atoms with Crippen molar-refractivity contribution < 1.29 is 14.4 Å². The summed E-state index contributed by atoms with van der Waals surface area (Å²) in [6.45, 7) is 0. The molecule has 0 aliphatic rings. The van der Waals surface area contributed by atoms with Crippen molar-refractivity contribution in [1.29, 1.82) is 0 Å². The Bertz CT molecular complexity index is 194. The minimum Gasteiger partial charge on any atom is -0.481 e. The molecule has 9 heavy (non-hydrogen) atoms. The van der Waals surface area contributed by atoms with Crippen LogP contribution in [0.3, 0.4) is 0 Å². The van der Waals surface area contributed by atoms with E-state index in [1.807, 2.05) is 0 Å². The molecule has 0 bridgehead atoms. The molecule has 0 saturated carbocycles. The smallest absolute Gasteiger partial charge is 0.311 e. The van der Waals surface area contributed by atoms with Crippen LogP contribution in [0.4, 0.5) is 0 Å². The lowest BCUT2D eigenvalue weighted by molar-refractivity contribution is -0.136. The van der Waals surface area contributed by atoms with E-state index in [0.29, 0.717) is 0 Å². The van der Waals surface area contributed by atoms with Gasteiger partial charge in [0.25, 0.3) is 0 Å². The van der Waals surface area contributed by atoms with Crippen LogP contribution in [-0.2, 0) is 11.2 Å². The molecule has 1 aromatic rings. The van der Waals surface area contributed by atoms with E-state index in [9.17, 15) is 4.79 Å². The van der Waals surface area contributed by atoms with Gasteiger partial charge in [0, 0.05) is 0 Å². The Morgan fingerprint density at radius 1 is 1.89 bits per heavy atom. The molecule has 1 aromatic heterocycles. The van der Waals surface area contributed by atoms with E-state index >= 15 is 0 Å². The number of aliphatic carboxylic acids is 1. The van der Waals surface area contributed by atoms with Gasteiger partial charge >= 0.3 is 5.97 Å². The van der Waals surface area contributed by atoms with Crippen molar-refractivity contribution in [3.63, 3.8) is 0 Å². The molecule has 0 saturated heterocycles. The van der Waals surface area contributed by atoms with Crippen molar-refractivity contribution in [3.05, 3.63) is 12.2 Å². The summed E-state index contributed by atoms with van der Waals surface area (Å²) < 4.78 is 4.29. The molecular weight excluding hydrogens is 124 g/mol. The summed E-state index contributed by atoms with van der Waals surface area (Å²) in [5, 5.41) is 11.5. The van der Waals surface area contributed by atoms with Crippen molar-refractivity contribution in [1.82, 2.24) is 10.1 Å². The molecule has 0 aliphatic heterocycles. The number of nitrogens with zero attached hydrogens (tertiary/aromatic N) is 2. The molecule has 0 radical (unpaired) electrons. The highest BCUT2D eigenvalue weighted by molar-refractivity contribution is 5.68. The summed E-state index contributed by atoms with van der Waals surface area (Å²) >= 11 is 0. The van der Waals surface area contributed by atoms with Crippen LogP contribution in [-0.4, -0.2) is 21.2 Å². The van der Waals surface area contributed by atoms with Gasteiger partial charge < -0.3 is 9.63 Å². The molecule has 1 heterocycles. The van der Waals surface area contributed by atoms with Crippen molar-refractivity contribution in [3.8, 4) is 0 Å². The predicted octanol–water partition coefficient (Wildman–Crippen LogP) is -0.303. The maximum absolute atomic E-state index is 9.94. The third-order valence-electron chi connectivity index (χ3n) is 0.716. The topological polar surface area (TPSA) is 76.2 Å². The number of carboxylic acids is 1. The SMILES string of the molecule is O=C(O)Cc1ncon1. The molecule has 1 N–H and O–H groups in total. The first-order valence-corrected chi connectivity index (χ1v) is 2.26. The molecule has 1 rings (SSSR count). The van der Waals surface area contributed by atoms with E-state index in [4.69, 9.17) is 5.11 Å². The highest BCUT2D eigenvalue weighted by Crippen LogP contribution is 1.87. The third-order valence-corrected chi connectivity index (χ3v) is 0.716. The minimum atomic E-state index is -0.962. The summed E-state index contributed by atoms with van der Waals surface area (Å²) in [5.74, 6) is -0.765. The van der Waals surface area contributed by atoms with Gasteiger partial charge in [-0.25, -0.2) is 0 Å². The average molecular weight is 128 g/mol. The summed E-state index contributed by atoms with van der Waals surface area (Å²) in [7, 11) is 0. The second-order valence-electron chi connectivity index (χ2n) is 1.42. The van der Waals surface area contributed by atoms with Gasteiger partial charge in [-0.15, -0.1) is 0 Å². The van der Waals surface area contributed by atoms with Gasteiger partial charge in [0.2, 0.25) is 6.39 Å². The average Bonchev–Trinajstić information content (AvgIpc) is 2.15. The molecular formula is C4H4N2O3. The fraction of sp³-hybridized carbons (Fsp3) is 0.250. The number of rotatable bonds is 2. The monoisotopic (exact) mass is 128 g/mol. The van der Waals surface area contributed by atoms with Gasteiger partial charge in [-0.05, 0) is 0 Å². The second-order valence-corrected chi connectivity index (χ2v) is 1.42. The van der Waals surface area contributed by atoms with Gasteiger partial charge in [-0.3, -0.25) is 4.79 Å². The van der Waals surface area contributed by atoms with E-state index in [0.717, 1.165) is 6.39 Å². The van der Waals surface area contributed by atoms with Gasteiger partial charge in [0.05, 0.1) is 0 Å². The number of aromatic nitrogens is 2. The molecule has 0 spiro atoms. The van der Waals surface area contributed by atoms with E-state index < -0.39 is 5.97 Å². The Morgan fingerprint density at radius 3 is 3.11 bits per heavy atom. The highest BCUT2D eigenvalue weighted by Gasteiger charge is 2.02. The molecule has 0 aliphatic carbocycles. The first kappa shape index (κ1) is 5.74. The molecule has 5 heteroatoms. The summed E-state index contributed by atoms with van der Waals surface area (Å²) in [6, 6.07) is 0. The van der Waals surface area contributed by atoms with Crippen molar-refractivity contribution in [2.24, 2.45) is 0 Å². The van der Waals surface area contributed by atoms with Crippen molar-refractivity contribution in [2.45, 2.75) is 6.42 Å². The first-order valence-electron chi connectivity index (χ1n) is 2.26. The van der Waals surface area contributed by atoms with Crippen LogP contribution >= 0.6 is 0 Å². The molecule has 0 amide bonds. The summed E-state index contributed by atoms with van der Waals surface area (Å²) in [5.41, 5.74) is 0. The lowest BCUT2D eigenvalue weighted by Crippen LogP contribution is -2.01. The number of hydrogen-bond donors (Lipinski definition) is 1. The maximum Gasteiger partial charge on any atom is 0.311 e. The predicted molar refractivity (Wildman–Crippen MR) is 25.6 cm³/mol. The van der Waals surface area contributed by atoms with Crippen LogP contribution in [0.15, 0.2) is 10.9 Å². The summed E-state index contributed by atoms with van der Waals surface area (Å²) in [4.78, 5) is 13.4. The van der Waals surface area contributed by atoms with Crippen molar-refractivity contribution in [2.75, 3.05) is 0 Å². The first-order chi connectivity index (χ1) is 4.29. The number of carbonyl (C=O) groups is 1. The van der Waals surface area contributed by atoms with Crippen LogP contribution in [0.5, 0.6) is 0 Å². The zero-order valence-corrected chi connectivity index (χ0v) is 4.44. The highest BCUT2D eigenvalue weighted by atomic mass is 16.5. The minimum absolute atomic E-state index is 0.184. The Hall–Kier alpha value is -1.39. The maximum atomic E-state index is 9.94. The van der Waals surface area contributed by atoms with Crippen molar-refractivity contribution >= 4 is 5.97 Å². The fourth-order valence-corrected chi connectivity index (χ4v) is 0.406. The largest absolute Gasteiger partial charge is 0.481 e. The Morgan fingerprint density at radius 2 is 2.67 bits per heavy atom. The Kier molecular flexibility index (Phi) is 1.44. The molecule has 5 nitrogen and oxygen atoms in total. The number of hydrogen-bond acceptors (Lipinski definition) is 4. The van der Waals surface area contributed by atoms with Crippen LogP contribution < -0.4 is 0 Å². The Labute approximate surface area is 50.3 Å². The Balaban J connectivity index is 2.58. The fourth-order valence-electron chi connectivity index (χ4n) is 0.406. The van der Waals surface area contributed by atoms with E-state index in [-0.39, 0.29) is 12.2 Å². The zero-order valence-electron chi connectivity index (χ0n) is 4.44. The quantitative estimate of drug-likeness (QED) is 0.591. The molecule has 0 fully saturated rings. The van der Waals surface area contributed by atoms with Crippen LogP contribution in [0.1, 0.15) is 5.82 Å². The van der Waals surface area contributed by atoms with Crippen LogP contribution in [0.2, 0.25) is 0 Å². The third kappa shape index (κ3) is 1.52. The summed E-state index contributed by atoms with van der Waals surface area (Å²) in [6.07, 6.45) is 0.911. The van der Waals surface area contributed by atoms with E-state index in [1.54, 1.807) is 0 Å². The van der Waals surface area contributed by atoms with Crippen LogP contribution in [0.25, 0.3) is 0 Å². The van der Waals surface area contributed by atoms with Gasteiger partial charge in [0.1, 0.15) is 6.42 Å². The molecule has 0 atom stereocenters. The standard InChI is InChI=1S/C4H4N2O3/c7-4(8)1-3-5-2-9-6-3/h2H,1H2,(H,7,8). The zero-order chi connectivity index (χ0) is 6.69. The van der Waals surface area contributed by atoms with Crippen LogP contribution in [0, 0.1) is 0 Å². The normalized spacial score (nSPS) is 9.33. The van der Waals surface area contributed by atoms with E-state index in [1.165, 1.54) is 0 Å². The van der Waals surface area contributed by atoms with Gasteiger partial charge in [-0.2, -0.15) is 4.98 Å². The second kappa shape index (κ2) is 2.25.